The van der Waals surface area contributed by atoms with Gasteiger partial charge in [-0.05, 0) is 18.6 Å². The van der Waals surface area contributed by atoms with Crippen molar-refractivity contribution in [2.75, 3.05) is 0 Å². The molecule has 16 heavy (non-hydrogen) atoms. The van der Waals surface area contributed by atoms with E-state index in [-0.39, 0.29) is 0 Å². The summed E-state index contributed by atoms with van der Waals surface area (Å²) in [6.45, 7) is 2.07. The third kappa shape index (κ3) is 1.83. The summed E-state index contributed by atoms with van der Waals surface area (Å²) in [6, 6.07) is 5.79. The lowest BCUT2D eigenvalue weighted by Crippen LogP contribution is -1.84. The molecule has 1 aromatic heterocycles. The molecule has 0 amide bonds. The van der Waals surface area contributed by atoms with Crippen LogP contribution in [0.3, 0.4) is 0 Å². The van der Waals surface area contributed by atoms with Gasteiger partial charge in [-0.1, -0.05) is 40.9 Å². The Kier molecular flexibility index (Phi) is 3.22. The van der Waals surface area contributed by atoms with Gasteiger partial charge in [0.05, 0.1) is 5.02 Å². The minimum atomic E-state index is 0.372. The molecule has 0 unspecified atom stereocenters. The molecule has 2 aromatic rings. The van der Waals surface area contributed by atoms with Crippen molar-refractivity contribution in [3.05, 3.63) is 33.0 Å². The topological polar surface area (TPSA) is 36.9 Å². The largest absolute Gasteiger partial charge is 0.444 e. The van der Waals surface area contributed by atoms with Crippen LogP contribution in [0.5, 0.6) is 0 Å². The third-order valence-electron chi connectivity index (χ3n) is 2.41. The second-order valence-electron chi connectivity index (χ2n) is 3.54. The maximum Gasteiger partial charge on any atom is 0.208 e. The van der Waals surface area contributed by atoms with Gasteiger partial charge in [0.2, 0.25) is 5.76 Å². The van der Waals surface area contributed by atoms with Crippen LogP contribution in [-0.4, -0.2) is 0 Å². The van der Waals surface area contributed by atoms with Crippen LogP contribution in [0.15, 0.2) is 21.0 Å². The minimum Gasteiger partial charge on any atom is -0.444 e. The summed E-state index contributed by atoms with van der Waals surface area (Å²) in [5.41, 5.74) is 1.55. The predicted molar refractivity (Wildman–Crippen MR) is 67.6 cm³/mol. The van der Waals surface area contributed by atoms with Crippen molar-refractivity contribution in [1.29, 1.82) is 5.26 Å². The molecule has 1 aromatic carbocycles. The van der Waals surface area contributed by atoms with Crippen LogP contribution >= 0.6 is 27.5 Å². The van der Waals surface area contributed by atoms with Crippen LogP contribution < -0.4 is 0 Å². The van der Waals surface area contributed by atoms with E-state index in [0.717, 1.165) is 28.3 Å². The van der Waals surface area contributed by atoms with Crippen LogP contribution in [0.25, 0.3) is 11.0 Å². The van der Waals surface area contributed by atoms with Crippen LogP contribution in [-0.2, 0) is 6.42 Å². The van der Waals surface area contributed by atoms with Crippen LogP contribution in [0.1, 0.15) is 24.7 Å². The summed E-state index contributed by atoms with van der Waals surface area (Å²) >= 11 is 9.46. The number of nitriles is 1. The number of aryl methyl sites for hydroxylation is 1. The first-order valence-corrected chi connectivity index (χ1v) is 6.15. The van der Waals surface area contributed by atoms with E-state index in [1.807, 2.05) is 6.07 Å². The highest BCUT2D eigenvalue weighted by atomic mass is 79.9. The molecule has 0 saturated carbocycles. The van der Waals surface area contributed by atoms with Gasteiger partial charge in [-0.25, -0.2) is 0 Å². The van der Waals surface area contributed by atoms with E-state index < -0.39 is 0 Å². The Balaban J connectivity index is 2.80. The van der Waals surface area contributed by atoms with Crippen molar-refractivity contribution in [2.24, 2.45) is 0 Å². The van der Waals surface area contributed by atoms with Crippen molar-refractivity contribution in [1.82, 2.24) is 0 Å². The van der Waals surface area contributed by atoms with E-state index in [2.05, 4.69) is 28.9 Å². The highest BCUT2D eigenvalue weighted by Crippen LogP contribution is 2.34. The van der Waals surface area contributed by atoms with E-state index in [1.165, 1.54) is 0 Å². The fourth-order valence-electron chi connectivity index (χ4n) is 1.76. The van der Waals surface area contributed by atoms with Crippen LogP contribution in [0, 0.1) is 11.3 Å². The number of benzene rings is 1. The van der Waals surface area contributed by atoms with Gasteiger partial charge in [0.15, 0.2) is 5.58 Å². The molecule has 0 spiro atoms. The van der Waals surface area contributed by atoms with Crippen molar-refractivity contribution >= 4 is 38.5 Å². The molecular formula is C12H9BrClNO. The van der Waals surface area contributed by atoms with Crippen molar-refractivity contribution in [3.8, 4) is 6.07 Å². The van der Waals surface area contributed by atoms with Gasteiger partial charge in [-0.2, -0.15) is 5.26 Å². The quantitative estimate of drug-likeness (QED) is 0.807. The third-order valence-corrected chi connectivity index (χ3v) is 3.15. The zero-order valence-electron chi connectivity index (χ0n) is 8.68. The number of fused-ring (bicyclic) bond motifs is 1. The Morgan fingerprint density at radius 3 is 2.88 bits per heavy atom. The molecule has 0 fully saturated rings. The second-order valence-corrected chi connectivity index (χ2v) is 4.86. The molecule has 0 bridgehead atoms. The molecule has 0 aliphatic carbocycles. The standard InChI is InChI=1S/C12H9BrClNO/c1-2-3-8-9-4-7(13)5-10(14)12(9)16-11(8)6-15/h4-5H,2-3H2,1H3. The molecular weight excluding hydrogens is 289 g/mol. The van der Waals surface area contributed by atoms with E-state index >= 15 is 0 Å². The maximum atomic E-state index is 9.01. The summed E-state index contributed by atoms with van der Waals surface area (Å²) in [6.07, 6.45) is 1.79. The number of halogens is 2. The lowest BCUT2D eigenvalue weighted by molar-refractivity contribution is 0.593. The molecule has 82 valence electrons. The Bertz CT molecular complexity index is 583. The smallest absolute Gasteiger partial charge is 0.208 e. The number of hydrogen-bond donors (Lipinski definition) is 0. The molecule has 0 radical (unpaired) electrons. The minimum absolute atomic E-state index is 0.372. The Labute approximate surface area is 107 Å². The normalized spacial score (nSPS) is 10.6. The van der Waals surface area contributed by atoms with Crippen LogP contribution in [0.4, 0.5) is 0 Å². The summed E-state index contributed by atoms with van der Waals surface area (Å²) in [4.78, 5) is 0. The Hall–Kier alpha value is -0.980. The second kappa shape index (κ2) is 4.48. The van der Waals surface area contributed by atoms with Gasteiger partial charge in [0.25, 0.3) is 0 Å². The first-order chi connectivity index (χ1) is 7.67. The fourth-order valence-corrected chi connectivity index (χ4v) is 2.61. The number of rotatable bonds is 2. The lowest BCUT2D eigenvalue weighted by atomic mass is 10.1. The van der Waals surface area contributed by atoms with E-state index in [9.17, 15) is 0 Å². The van der Waals surface area contributed by atoms with Crippen molar-refractivity contribution in [2.45, 2.75) is 19.8 Å². The average molecular weight is 299 g/mol. The molecule has 2 nitrogen and oxygen atoms in total. The summed E-state index contributed by atoms with van der Waals surface area (Å²) < 4.78 is 6.37. The molecule has 0 saturated heterocycles. The number of furan rings is 1. The van der Waals surface area contributed by atoms with Gasteiger partial charge in [-0.15, -0.1) is 0 Å². The highest BCUT2D eigenvalue weighted by molar-refractivity contribution is 9.10. The van der Waals surface area contributed by atoms with Gasteiger partial charge in [0, 0.05) is 15.4 Å². The Morgan fingerprint density at radius 2 is 2.25 bits per heavy atom. The first-order valence-electron chi connectivity index (χ1n) is 4.98. The SMILES string of the molecule is CCCc1c(C#N)oc2c(Cl)cc(Br)cc12. The molecule has 1 heterocycles. The number of nitrogens with zero attached hydrogens (tertiary/aromatic N) is 1. The summed E-state index contributed by atoms with van der Waals surface area (Å²) in [5.74, 6) is 0.372. The average Bonchev–Trinajstić information content (AvgIpc) is 2.58. The van der Waals surface area contributed by atoms with E-state index in [1.54, 1.807) is 6.07 Å². The highest BCUT2D eigenvalue weighted by Gasteiger charge is 2.15. The van der Waals surface area contributed by atoms with E-state index in [0.29, 0.717) is 16.4 Å². The van der Waals surface area contributed by atoms with Gasteiger partial charge < -0.3 is 4.42 Å². The van der Waals surface area contributed by atoms with Gasteiger partial charge >= 0.3 is 0 Å². The lowest BCUT2D eigenvalue weighted by Gasteiger charge is -1.97. The molecule has 0 atom stereocenters. The van der Waals surface area contributed by atoms with E-state index in [4.69, 9.17) is 21.3 Å². The predicted octanol–water partition coefficient (Wildman–Crippen LogP) is 4.67. The molecule has 0 aliphatic heterocycles. The summed E-state index contributed by atoms with van der Waals surface area (Å²) in [7, 11) is 0. The zero-order chi connectivity index (χ0) is 11.7. The molecule has 0 aliphatic rings. The monoisotopic (exact) mass is 297 g/mol. The Morgan fingerprint density at radius 1 is 1.50 bits per heavy atom. The van der Waals surface area contributed by atoms with Crippen molar-refractivity contribution < 1.29 is 4.42 Å². The van der Waals surface area contributed by atoms with Crippen molar-refractivity contribution in [3.63, 3.8) is 0 Å². The first kappa shape index (κ1) is 11.5. The van der Waals surface area contributed by atoms with Gasteiger partial charge in [0.1, 0.15) is 6.07 Å². The molecule has 2 rings (SSSR count). The summed E-state index contributed by atoms with van der Waals surface area (Å²) in [5, 5.41) is 10.5. The van der Waals surface area contributed by atoms with Crippen LogP contribution in [0.2, 0.25) is 5.02 Å². The number of hydrogen-bond acceptors (Lipinski definition) is 2. The van der Waals surface area contributed by atoms with Gasteiger partial charge in [-0.3, -0.25) is 0 Å². The molecule has 4 heteroatoms. The maximum absolute atomic E-state index is 9.01. The fraction of sp³-hybridized carbons (Fsp3) is 0.250. The molecule has 0 N–H and O–H groups in total. The zero-order valence-corrected chi connectivity index (χ0v) is 11.0.